The number of carbonyl (C=O) groups excluding carboxylic acids is 2. The Labute approximate surface area is 135 Å². The number of carboxylic acids is 1. The number of carboxylic acid groups (broad SMARTS) is 1. The minimum absolute atomic E-state index is 0.0145. The van der Waals surface area contributed by atoms with Crippen molar-refractivity contribution in [3.63, 3.8) is 0 Å². The molecule has 0 spiro atoms. The first-order valence-corrected chi connectivity index (χ1v) is 7.60. The van der Waals surface area contributed by atoms with E-state index in [1.54, 1.807) is 38.3 Å². The number of Topliss-reactive ketones (excluding diaryl/α,β-unsaturated/α-hetero) is 1. The summed E-state index contributed by atoms with van der Waals surface area (Å²) in [6, 6.07) is 6.68. The van der Waals surface area contributed by atoms with Crippen molar-refractivity contribution in [2.24, 2.45) is 0 Å². The number of hydrogen-bond acceptors (Lipinski definition) is 4. The van der Waals surface area contributed by atoms with Gasteiger partial charge in [0.25, 0.3) is 0 Å². The molecule has 1 atom stereocenters. The molecule has 1 aromatic rings. The first-order valence-electron chi connectivity index (χ1n) is 7.60. The van der Waals surface area contributed by atoms with Gasteiger partial charge in [-0.05, 0) is 44.0 Å². The SMILES string of the molecule is COc1ccc(C(=O)CCCC(=O)NC(C)CCC(=O)O)cc1. The lowest BCUT2D eigenvalue weighted by Gasteiger charge is -2.12. The van der Waals surface area contributed by atoms with E-state index in [4.69, 9.17) is 9.84 Å². The van der Waals surface area contributed by atoms with Crippen molar-refractivity contribution in [3.8, 4) is 5.75 Å². The minimum atomic E-state index is -0.879. The topological polar surface area (TPSA) is 92.7 Å². The molecular formula is C17H23NO5. The van der Waals surface area contributed by atoms with E-state index in [1.165, 1.54) is 0 Å². The number of aliphatic carboxylic acids is 1. The van der Waals surface area contributed by atoms with Crippen LogP contribution in [-0.2, 0) is 9.59 Å². The average Bonchev–Trinajstić information content (AvgIpc) is 2.52. The molecule has 0 aliphatic heterocycles. The largest absolute Gasteiger partial charge is 0.497 e. The van der Waals surface area contributed by atoms with Crippen LogP contribution < -0.4 is 10.1 Å². The lowest BCUT2D eigenvalue weighted by Crippen LogP contribution is -2.32. The Bertz CT molecular complexity index is 538. The third-order valence-electron chi connectivity index (χ3n) is 3.42. The molecule has 1 amide bonds. The number of ether oxygens (including phenoxy) is 1. The predicted octanol–water partition coefficient (Wildman–Crippen LogP) is 2.42. The van der Waals surface area contributed by atoms with E-state index >= 15 is 0 Å². The smallest absolute Gasteiger partial charge is 0.303 e. The summed E-state index contributed by atoms with van der Waals surface area (Å²) in [5, 5.41) is 11.3. The molecular weight excluding hydrogens is 298 g/mol. The van der Waals surface area contributed by atoms with Gasteiger partial charge in [0, 0.05) is 30.9 Å². The van der Waals surface area contributed by atoms with E-state index in [-0.39, 0.29) is 30.6 Å². The number of ketones is 1. The molecule has 2 N–H and O–H groups in total. The summed E-state index contributed by atoms with van der Waals surface area (Å²) in [5.74, 6) is -0.364. The molecule has 0 aliphatic carbocycles. The number of hydrogen-bond donors (Lipinski definition) is 2. The van der Waals surface area contributed by atoms with Crippen molar-refractivity contribution in [2.45, 2.75) is 45.1 Å². The second kappa shape index (κ2) is 9.61. The maximum Gasteiger partial charge on any atom is 0.303 e. The lowest BCUT2D eigenvalue weighted by molar-refractivity contribution is -0.137. The highest BCUT2D eigenvalue weighted by molar-refractivity contribution is 5.96. The van der Waals surface area contributed by atoms with Crippen LogP contribution in [0.5, 0.6) is 5.75 Å². The molecule has 0 bridgehead atoms. The van der Waals surface area contributed by atoms with E-state index in [9.17, 15) is 14.4 Å². The van der Waals surface area contributed by atoms with E-state index in [0.717, 1.165) is 0 Å². The first kappa shape index (κ1) is 18.7. The lowest BCUT2D eigenvalue weighted by atomic mass is 10.0. The summed E-state index contributed by atoms with van der Waals surface area (Å²) >= 11 is 0. The Morgan fingerprint density at radius 2 is 1.78 bits per heavy atom. The fourth-order valence-electron chi connectivity index (χ4n) is 2.09. The molecule has 6 heteroatoms. The number of rotatable bonds is 10. The third-order valence-corrected chi connectivity index (χ3v) is 3.42. The average molecular weight is 321 g/mol. The first-order chi connectivity index (χ1) is 10.9. The van der Waals surface area contributed by atoms with Gasteiger partial charge in [-0.2, -0.15) is 0 Å². The molecule has 1 rings (SSSR count). The summed E-state index contributed by atoms with van der Waals surface area (Å²) < 4.78 is 5.03. The summed E-state index contributed by atoms with van der Waals surface area (Å²) in [6.07, 6.45) is 1.42. The Kier molecular flexibility index (Phi) is 7.80. The van der Waals surface area contributed by atoms with Crippen LogP contribution in [0.1, 0.15) is 49.4 Å². The molecule has 0 aliphatic rings. The van der Waals surface area contributed by atoms with Crippen LogP contribution in [0, 0.1) is 0 Å². The highest BCUT2D eigenvalue weighted by Gasteiger charge is 2.11. The van der Waals surface area contributed by atoms with Gasteiger partial charge in [0.05, 0.1) is 7.11 Å². The molecule has 0 saturated heterocycles. The van der Waals surface area contributed by atoms with Gasteiger partial charge in [-0.1, -0.05) is 0 Å². The van der Waals surface area contributed by atoms with Gasteiger partial charge in [0.1, 0.15) is 5.75 Å². The molecule has 1 aromatic carbocycles. The van der Waals surface area contributed by atoms with Crippen LogP contribution in [0.25, 0.3) is 0 Å². The maximum atomic E-state index is 12.0. The van der Waals surface area contributed by atoms with E-state index in [1.807, 2.05) is 0 Å². The maximum absolute atomic E-state index is 12.0. The van der Waals surface area contributed by atoms with Gasteiger partial charge in [0.2, 0.25) is 5.91 Å². The van der Waals surface area contributed by atoms with Crippen molar-refractivity contribution in [1.29, 1.82) is 0 Å². The molecule has 0 fully saturated rings. The number of amides is 1. The normalized spacial score (nSPS) is 11.6. The van der Waals surface area contributed by atoms with Crippen molar-refractivity contribution in [2.75, 3.05) is 7.11 Å². The van der Waals surface area contributed by atoms with Crippen molar-refractivity contribution >= 4 is 17.7 Å². The Balaban J connectivity index is 2.28. The van der Waals surface area contributed by atoms with Gasteiger partial charge in [-0.15, -0.1) is 0 Å². The Morgan fingerprint density at radius 1 is 1.13 bits per heavy atom. The van der Waals surface area contributed by atoms with Crippen LogP contribution in [0.15, 0.2) is 24.3 Å². The highest BCUT2D eigenvalue weighted by Crippen LogP contribution is 2.13. The highest BCUT2D eigenvalue weighted by atomic mass is 16.5. The predicted molar refractivity (Wildman–Crippen MR) is 85.7 cm³/mol. The van der Waals surface area contributed by atoms with Gasteiger partial charge < -0.3 is 15.2 Å². The van der Waals surface area contributed by atoms with Crippen LogP contribution >= 0.6 is 0 Å². The monoisotopic (exact) mass is 321 g/mol. The van der Waals surface area contributed by atoms with Crippen LogP contribution in [0.4, 0.5) is 0 Å². The zero-order valence-corrected chi connectivity index (χ0v) is 13.5. The number of nitrogens with one attached hydrogen (secondary N) is 1. The third kappa shape index (κ3) is 7.44. The van der Waals surface area contributed by atoms with Gasteiger partial charge in [-0.25, -0.2) is 0 Å². The molecule has 0 aromatic heterocycles. The second-order valence-corrected chi connectivity index (χ2v) is 5.41. The second-order valence-electron chi connectivity index (χ2n) is 5.41. The summed E-state index contributed by atoms with van der Waals surface area (Å²) in [5.41, 5.74) is 0.598. The number of methoxy groups -OCH3 is 1. The quantitative estimate of drug-likeness (QED) is 0.646. The summed E-state index contributed by atoms with van der Waals surface area (Å²) in [6.45, 7) is 1.77. The molecule has 1 unspecified atom stereocenters. The van der Waals surface area contributed by atoms with Gasteiger partial charge >= 0.3 is 5.97 Å². The Hall–Kier alpha value is -2.37. The fraction of sp³-hybridized carbons (Fsp3) is 0.471. The standard InChI is InChI=1S/C17H23NO5/c1-12(6-11-17(21)22)18-16(20)5-3-4-15(19)13-7-9-14(23-2)10-8-13/h7-10,12H,3-6,11H2,1-2H3,(H,18,20)(H,21,22). The molecule has 6 nitrogen and oxygen atoms in total. The van der Waals surface area contributed by atoms with Gasteiger partial charge in [0.15, 0.2) is 5.78 Å². The molecule has 0 heterocycles. The van der Waals surface area contributed by atoms with Crippen molar-refractivity contribution in [1.82, 2.24) is 5.32 Å². The number of carbonyl (C=O) groups is 3. The molecule has 126 valence electrons. The minimum Gasteiger partial charge on any atom is -0.497 e. The fourth-order valence-corrected chi connectivity index (χ4v) is 2.09. The van der Waals surface area contributed by atoms with E-state index in [0.29, 0.717) is 30.6 Å². The van der Waals surface area contributed by atoms with Crippen LogP contribution in [-0.4, -0.2) is 35.9 Å². The van der Waals surface area contributed by atoms with Gasteiger partial charge in [-0.3, -0.25) is 14.4 Å². The zero-order chi connectivity index (χ0) is 17.2. The number of benzene rings is 1. The van der Waals surface area contributed by atoms with Crippen molar-refractivity contribution < 1.29 is 24.2 Å². The summed E-state index contributed by atoms with van der Waals surface area (Å²) in [4.78, 5) is 34.2. The summed E-state index contributed by atoms with van der Waals surface area (Å²) in [7, 11) is 1.56. The Morgan fingerprint density at radius 3 is 2.35 bits per heavy atom. The van der Waals surface area contributed by atoms with Crippen LogP contribution in [0.2, 0.25) is 0 Å². The van der Waals surface area contributed by atoms with E-state index < -0.39 is 5.97 Å². The molecule has 23 heavy (non-hydrogen) atoms. The van der Waals surface area contributed by atoms with Crippen LogP contribution in [0.3, 0.4) is 0 Å². The van der Waals surface area contributed by atoms with E-state index in [2.05, 4.69) is 5.32 Å². The van der Waals surface area contributed by atoms with Crippen molar-refractivity contribution in [3.05, 3.63) is 29.8 Å². The molecule has 0 saturated carbocycles. The zero-order valence-electron chi connectivity index (χ0n) is 13.5. The molecule has 0 radical (unpaired) electrons.